The van der Waals surface area contributed by atoms with Gasteiger partial charge < -0.3 is 5.32 Å². The number of nitrogens with zero attached hydrogens (tertiary/aromatic N) is 2. The van der Waals surface area contributed by atoms with Crippen LogP contribution in [-0.4, -0.2) is 36.8 Å². The molecule has 0 atom stereocenters. The van der Waals surface area contributed by atoms with E-state index in [4.69, 9.17) is 0 Å². The average Bonchev–Trinajstić information content (AvgIpc) is 3.62. The highest BCUT2D eigenvalue weighted by molar-refractivity contribution is 7.89. The summed E-state index contributed by atoms with van der Waals surface area (Å²) in [5.41, 5.74) is -0.0107. The maximum absolute atomic E-state index is 13.5. The lowest BCUT2D eigenvalue weighted by molar-refractivity contribution is 0.393. The number of sulfonamides is 1. The van der Waals surface area contributed by atoms with E-state index in [1.165, 1.54) is 22.8 Å². The van der Waals surface area contributed by atoms with E-state index in [0.29, 0.717) is 37.7 Å². The van der Waals surface area contributed by atoms with Gasteiger partial charge in [-0.25, -0.2) is 22.3 Å². The van der Waals surface area contributed by atoms with Crippen molar-refractivity contribution in [3.63, 3.8) is 0 Å². The quantitative estimate of drug-likeness (QED) is 0.564. The monoisotopic (exact) mass is 488 g/mol. The van der Waals surface area contributed by atoms with E-state index < -0.39 is 33.5 Å². The highest BCUT2D eigenvalue weighted by atomic mass is 32.2. The molecule has 2 aliphatic carbocycles. The summed E-state index contributed by atoms with van der Waals surface area (Å²) in [6, 6.07) is 4.12. The molecule has 10 heteroatoms. The Labute approximate surface area is 197 Å². The second-order valence-corrected chi connectivity index (χ2v) is 10.5. The second-order valence-electron chi connectivity index (χ2n) is 8.77. The first-order valence-electron chi connectivity index (χ1n) is 11.4. The van der Waals surface area contributed by atoms with E-state index in [1.54, 1.807) is 7.05 Å². The number of benzene rings is 1. The van der Waals surface area contributed by atoms with Gasteiger partial charge in [0.25, 0.3) is 5.56 Å². The standard InChI is InChI=1S/C24H29FN4O4S/c1-3-13-28-21-10-9-18(34(32,33)27-24(16-25)11-12-24)14-19(21)22(30)29(23(28)31)15-17-7-5-4-6-8-20(17)26-2/h4-7,9-10,14,26-27H,3,8,11-13,15-16H2,1-2H3. The predicted octanol–water partition coefficient (Wildman–Crippen LogP) is 2.34. The van der Waals surface area contributed by atoms with Crippen molar-refractivity contribution in [1.29, 1.82) is 0 Å². The summed E-state index contributed by atoms with van der Waals surface area (Å²) < 4.78 is 44.2. The molecule has 2 aliphatic rings. The van der Waals surface area contributed by atoms with Crippen LogP contribution in [0.15, 0.2) is 68.3 Å². The van der Waals surface area contributed by atoms with E-state index in [-0.39, 0.29) is 16.8 Å². The van der Waals surface area contributed by atoms with Crippen molar-refractivity contribution in [2.75, 3.05) is 13.7 Å². The Bertz CT molecular complexity index is 1430. The molecule has 1 fully saturated rings. The zero-order chi connectivity index (χ0) is 24.5. The average molecular weight is 489 g/mol. The first kappa shape index (κ1) is 24.2. The van der Waals surface area contributed by atoms with Crippen molar-refractivity contribution >= 4 is 20.9 Å². The number of alkyl halides is 1. The fraction of sp³-hybridized carbons (Fsp3) is 0.417. The maximum atomic E-state index is 13.5. The number of hydrogen-bond donors (Lipinski definition) is 2. The van der Waals surface area contributed by atoms with E-state index in [2.05, 4.69) is 10.0 Å². The number of aryl methyl sites for hydroxylation is 1. The Balaban J connectivity index is 1.87. The highest BCUT2D eigenvalue weighted by Gasteiger charge is 2.46. The van der Waals surface area contributed by atoms with Crippen LogP contribution in [0.3, 0.4) is 0 Å². The van der Waals surface area contributed by atoms with Crippen molar-refractivity contribution < 1.29 is 12.8 Å². The molecule has 182 valence electrons. The summed E-state index contributed by atoms with van der Waals surface area (Å²) >= 11 is 0. The third kappa shape index (κ3) is 4.52. The van der Waals surface area contributed by atoms with Gasteiger partial charge in [-0.3, -0.25) is 13.9 Å². The third-order valence-electron chi connectivity index (χ3n) is 6.30. The van der Waals surface area contributed by atoms with Gasteiger partial charge in [0.2, 0.25) is 10.0 Å². The van der Waals surface area contributed by atoms with Crippen LogP contribution >= 0.6 is 0 Å². The van der Waals surface area contributed by atoms with Crippen LogP contribution in [-0.2, 0) is 23.1 Å². The van der Waals surface area contributed by atoms with Gasteiger partial charge >= 0.3 is 5.69 Å². The molecule has 1 aromatic carbocycles. The number of aromatic nitrogens is 2. The first-order chi connectivity index (χ1) is 16.2. The molecule has 1 aromatic heterocycles. The normalized spacial score (nSPS) is 17.3. The third-order valence-corrected chi connectivity index (χ3v) is 7.87. The van der Waals surface area contributed by atoms with Gasteiger partial charge in [0.1, 0.15) is 6.67 Å². The number of halogens is 1. The van der Waals surface area contributed by atoms with Crippen molar-refractivity contribution in [1.82, 2.24) is 19.2 Å². The van der Waals surface area contributed by atoms with Crippen molar-refractivity contribution in [3.8, 4) is 0 Å². The Morgan fingerprint density at radius 3 is 2.56 bits per heavy atom. The topological polar surface area (TPSA) is 102 Å². The summed E-state index contributed by atoms with van der Waals surface area (Å²) in [6.45, 7) is 1.56. The summed E-state index contributed by atoms with van der Waals surface area (Å²) in [5, 5.41) is 3.26. The lowest BCUT2D eigenvalue weighted by Crippen LogP contribution is -2.41. The molecule has 1 saturated carbocycles. The van der Waals surface area contributed by atoms with Crippen LogP contribution in [0.2, 0.25) is 0 Å². The number of hydrogen-bond acceptors (Lipinski definition) is 5. The molecule has 0 amide bonds. The highest BCUT2D eigenvalue weighted by Crippen LogP contribution is 2.37. The zero-order valence-corrected chi connectivity index (χ0v) is 20.1. The smallest absolute Gasteiger partial charge is 0.331 e. The Kier molecular flexibility index (Phi) is 6.64. The van der Waals surface area contributed by atoms with Crippen LogP contribution in [0.25, 0.3) is 10.9 Å². The Morgan fingerprint density at radius 1 is 1.15 bits per heavy atom. The fourth-order valence-electron chi connectivity index (χ4n) is 4.16. The Morgan fingerprint density at radius 2 is 1.91 bits per heavy atom. The van der Waals surface area contributed by atoms with Gasteiger partial charge in [-0.1, -0.05) is 31.2 Å². The molecule has 0 unspecified atom stereocenters. The molecule has 0 radical (unpaired) electrons. The first-order valence-corrected chi connectivity index (χ1v) is 12.8. The largest absolute Gasteiger partial charge is 0.391 e. The number of allylic oxidation sites excluding steroid dienone is 5. The van der Waals surface area contributed by atoms with Crippen LogP contribution in [0, 0.1) is 0 Å². The molecule has 0 aliphatic heterocycles. The Hall–Kier alpha value is -2.98. The van der Waals surface area contributed by atoms with Crippen LogP contribution < -0.4 is 21.3 Å². The van der Waals surface area contributed by atoms with Gasteiger partial charge in [0, 0.05) is 25.7 Å². The molecule has 0 bridgehead atoms. The maximum Gasteiger partial charge on any atom is 0.331 e. The van der Waals surface area contributed by atoms with Gasteiger partial charge in [0.15, 0.2) is 0 Å². The lowest BCUT2D eigenvalue weighted by atomic mass is 10.1. The molecule has 2 aromatic rings. The number of nitrogens with one attached hydrogen (secondary N) is 2. The zero-order valence-electron chi connectivity index (χ0n) is 19.3. The molecule has 0 spiro atoms. The fourth-order valence-corrected chi connectivity index (χ4v) is 5.62. The summed E-state index contributed by atoms with van der Waals surface area (Å²) in [7, 11) is -2.25. The van der Waals surface area contributed by atoms with Gasteiger partial charge in [0.05, 0.1) is 27.9 Å². The molecule has 34 heavy (non-hydrogen) atoms. The summed E-state index contributed by atoms with van der Waals surface area (Å²) in [4.78, 5) is 26.7. The molecular weight excluding hydrogens is 459 g/mol. The van der Waals surface area contributed by atoms with E-state index in [0.717, 1.165) is 15.8 Å². The van der Waals surface area contributed by atoms with E-state index >= 15 is 0 Å². The number of rotatable bonds is 9. The summed E-state index contributed by atoms with van der Waals surface area (Å²) in [5.74, 6) is 0. The van der Waals surface area contributed by atoms with Crippen molar-refractivity contribution in [2.45, 2.75) is 56.1 Å². The molecule has 0 saturated heterocycles. The molecule has 4 rings (SSSR count). The number of fused-ring (bicyclic) bond motifs is 1. The van der Waals surface area contributed by atoms with E-state index in [1.807, 2.05) is 31.2 Å². The van der Waals surface area contributed by atoms with Crippen LogP contribution in [0.4, 0.5) is 4.39 Å². The summed E-state index contributed by atoms with van der Waals surface area (Å²) in [6.07, 6.45) is 9.74. The molecule has 2 N–H and O–H groups in total. The minimum absolute atomic E-state index is 0.0475. The van der Waals surface area contributed by atoms with E-state index in [9.17, 15) is 22.4 Å². The van der Waals surface area contributed by atoms with Gasteiger partial charge in [-0.15, -0.1) is 0 Å². The molecule has 8 nitrogen and oxygen atoms in total. The second kappa shape index (κ2) is 9.34. The minimum atomic E-state index is -4.03. The minimum Gasteiger partial charge on any atom is -0.391 e. The molecule has 1 heterocycles. The van der Waals surface area contributed by atoms with Gasteiger partial charge in [-0.05, 0) is 43.0 Å². The van der Waals surface area contributed by atoms with Crippen molar-refractivity contribution in [3.05, 3.63) is 74.6 Å². The van der Waals surface area contributed by atoms with Crippen LogP contribution in [0.5, 0.6) is 0 Å². The van der Waals surface area contributed by atoms with Gasteiger partial charge in [-0.2, -0.15) is 0 Å². The van der Waals surface area contributed by atoms with Crippen molar-refractivity contribution in [2.24, 2.45) is 0 Å². The molecular formula is C24H29FN4O4S. The SMILES string of the molecule is CCCn1c(=O)n(CC2=C(NC)CC=CC=C2)c(=O)c2cc(S(=O)(=O)NC3(CF)CC3)ccc21. The predicted molar refractivity (Wildman–Crippen MR) is 130 cm³/mol. The van der Waals surface area contributed by atoms with Crippen LogP contribution in [0.1, 0.15) is 32.6 Å². The lowest BCUT2D eigenvalue weighted by Gasteiger charge is -2.17.